The Bertz CT molecular complexity index is 1190. The van der Waals surface area contributed by atoms with Gasteiger partial charge in [-0.05, 0) is 34.5 Å². The van der Waals surface area contributed by atoms with Crippen LogP contribution in [0.5, 0.6) is 0 Å². The van der Waals surface area contributed by atoms with Gasteiger partial charge in [0.1, 0.15) is 0 Å². The fourth-order valence-electron chi connectivity index (χ4n) is 3.37. The Morgan fingerprint density at radius 2 is 1.77 bits per heavy atom. The number of aromatic nitrogens is 1. The third kappa shape index (κ3) is 2.81. The molecule has 0 aliphatic carbocycles. The van der Waals surface area contributed by atoms with Crippen molar-refractivity contribution in [1.82, 2.24) is 4.57 Å². The third-order valence-electron chi connectivity index (χ3n) is 4.63. The molecule has 0 unspecified atom stereocenters. The summed E-state index contributed by atoms with van der Waals surface area (Å²) in [6.07, 6.45) is 5.95. The molecule has 0 saturated heterocycles. The minimum atomic E-state index is 0.664. The topological polar surface area (TPSA) is 28.7 Å². The average molecular weight is 334 g/mol. The molecule has 0 amide bonds. The standard InChI is InChI=1S/C24H18N2/c1-2-13-26-17-22(23-9-5-6-10-24(23)26)15-21(16-25)20-12-11-18-7-3-4-8-19(18)14-20/h2-12,14-15,17H,1,13H2/b21-15-. The van der Waals surface area contributed by atoms with Gasteiger partial charge < -0.3 is 4.57 Å². The van der Waals surface area contributed by atoms with Crippen LogP contribution in [-0.2, 0) is 6.54 Å². The van der Waals surface area contributed by atoms with Gasteiger partial charge in [-0.3, -0.25) is 0 Å². The van der Waals surface area contributed by atoms with E-state index in [0.29, 0.717) is 5.57 Å². The first kappa shape index (κ1) is 15.9. The predicted molar refractivity (Wildman–Crippen MR) is 110 cm³/mol. The zero-order valence-electron chi connectivity index (χ0n) is 14.4. The van der Waals surface area contributed by atoms with E-state index in [1.165, 1.54) is 5.39 Å². The molecule has 0 N–H and O–H groups in total. The van der Waals surface area contributed by atoms with Gasteiger partial charge in [-0.2, -0.15) is 5.26 Å². The van der Waals surface area contributed by atoms with Crippen molar-refractivity contribution in [2.24, 2.45) is 0 Å². The summed E-state index contributed by atoms with van der Waals surface area (Å²) in [4.78, 5) is 0. The minimum Gasteiger partial charge on any atom is -0.343 e. The van der Waals surface area contributed by atoms with Crippen molar-refractivity contribution in [3.8, 4) is 6.07 Å². The van der Waals surface area contributed by atoms with Crippen LogP contribution in [0.15, 0.2) is 85.6 Å². The minimum absolute atomic E-state index is 0.664. The second-order valence-electron chi connectivity index (χ2n) is 6.27. The molecule has 124 valence electrons. The van der Waals surface area contributed by atoms with Crippen LogP contribution in [0, 0.1) is 11.3 Å². The number of rotatable bonds is 4. The van der Waals surface area contributed by atoms with E-state index in [1.54, 1.807) is 0 Å². The Kier molecular flexibility index (Phi) is 4.13. The van der Waals surface area contributed by atoms with Crippen molar-refractivity contribution in [2.75, 3.05) is 0 Å². The molecule has 3 aromatic carbocycles. The molecule has 1 heterocycles. The molecule has 0 spiro atoms. The average Bonchev–Trinajstić information content (AvgIpc) is 3.04. The summed E-state index contributed by atoms with van der Waals surface area (Å²) in [5.41, 5.74) is 3.80. The van der Waals surface area contributed by atoms with Gasteiger partial charge in [0.25, 0.3) is 0 Å². The highest BCUT2D eigenvalue weighted by atomic mass is 14.9. The SMILES string of the molecule is C=CCn1cc(/C=C(/C#N)c2ccc3ccccc3c2)c2ccccc21. The van der Waals surface area contributed by atoms with Gasteiger partial charge in [-0.15, -0.1) is 6.58 Å². The maximum absolute atomic E-state index is 9.75. The van der Waals surface area contributed by atoms with Crippen molar-refractivity contribution in [3.63, 3.8) is 0 Å². The van der Waals surface area contributed by atoms with Crippen molar-refractivity contribution >= 4 is 33.3 Å². The van der Waals surface area contributed by atoms with Crippen LogP contribution in [0.3, 0.4) is 0 Å². The lowest BCUT2D eigenvalue weighted by molar-refractivity contribution is 0.865. The van der Waals surface area contributed by atoms with E-state index in [1.807, 2.05) is 42.5 Å². The van der Waals surface area contributed by atoms with Gasteiger partial charge in [0.15, 0.2) is 0 Å². The summed E-state index contributed by atoms with van der Waals surface area (Å²) in [7, 11) is 0. The largest absolute Gasteiger partial charge is 0.343 e. The molecule has 26 heavy (non-hydrogen) atoms. The van der Waals surface area contributed by atoms with Crippen LogP contribution in [0.2, 0.25) is 0 Å². The number of hydrogen-bond donors (Lipinski definition) is 0. The molecule has 2 heteroatoms. The molecular weight excluding hydrogens is 316 g/mol. The van der Waals surface area contributed by atoms with Crippen LogP contribution in [0.4, 0.5) is 0 Å². The van der Waals surface area contributed by atoms with E-state index >= 15 is 0 Å². The van der Waals surface area contributed by atoms with E-state index in [4.69, 9.17) is 0 Å². The number of fused-ring (bicyclic) bond motifs is 2. The first-order valence-electron chi connectivity index (χ1n) is 8.60. The van der Waals surface area contributed by atoms with Gasteiger partial charge in [0.2, 0.25) is 0 Å². The maximum atomic E-state index is 9.75. The van der Waals surface area contributed by atoms with Crippen LogP contribution in [0.1, 0.15) is 11.1 Å². The van der Waals surface area contributed by atoms with Gasteiger partial charge in [-0.1, -0.05) is 60.7 Å². The lowest BCUT2D eigenvalue weighted by Crippen LogP contribution is -1.91. The zero-order chi connectivity index (χ0) is 17.9. The Balaban J connectivity index is 1.86. The van der Waals surface area contributed by atoms with Crippen molar-refractivity contribution in [3.05, 3.63) is 96.7 Å². The lowest BCUT2D eigenvalue weighted by Gasteiger charge is -2.02. The normalized spacial score (nSPS) is 11.6. The number of nitrogens with zero attached hydrogens (tertiary/aromatic N) is 2. The Labute approximate surface area is 152 Å². The third-order valence-corrected chi connectivity index (χ3v) is 4.63. The smallest absolute Gasteiger partial charge is 0.0998 e. The number of para-hydroxylation sites is 1. The summed E-state index contributed by atoms with van der Waals surface area (Å²) in [5.74, 6) is 0. The fourth-order valence-corrected chi connectivity index (χ4v) is 3.37. The van der Waals surface area contributed by atoms with Gasteiger partial charge in [0.05, 0.1) is 11.6 Å². The van der Waals surface area contributed by atoms with E-state index in [9.17, 15) is 5.26 Å². The highest BCUT2D eigenvalue weighted by Crippen LogP contribution is 2.27. The van der Waals surface area contributed by atoms with Crippen LogP contribution in [0.25, 0.3) is 33.3 Å². The Morgan fingerprint density at radius 3 is 2.58 bits per heavy atom. The summed E-state index contributed by atoms with van der Waals surface area (Å²) in [5, 5.41) is 13.2. The monoisotopic (exact) mass is 334 g/mol. The fraction of sp³-hybridized carbons (Fsp3) is 0.0417. The Morgan fingerprint density at radius 1 is 1.00 bits per heavy atom. The molecular formula is C24H18N2. The number of allylic oxidation sites excluding steroid dienone is 2. The number of nitriles is 1. The quantitative estimate of drug-likeness (QED) is 0.330. The molecule has 0 aliphatic heterocycles. The summed E-state index contributed by atoms with van der Waals surface area (Å²) in [6.45, 7) is 4.58. The number of hydrogen-bond acceptors (Lipinski definition) is 1. The first-order valence-corrected chi connectivity index (χ1v) is 8.60. The second-order valence-corrected chi connectivity index (χ2v) is 6.27. The van der Waals surface area contributed by atoms with Crippen LogP contribution < -0.4 is 0 Å². The van der Waals surface area contributed by atoms with Crippen LogP contribution >= 0.6 is 0 Å². The van der Waals surface area contributed by atoms with E-state index in [-0.39, 0.29) is 0 Å². The van der Waals surface area contributed by atoms with E-state index < -0.39 is 0 Å². The second kappa shape index (κ2) is 6.74. The number of benzene rings is 3. The molecule has 0 atom stereocenters. The summed E-state index contributed by atoms with van der Waals surface area (Å²) >= 11 is 0. The van der Waals surface area contributed by atoms with Crippen molar-refractivity contribution in [1.29, 1.82) is 5.26 Å². The first-order chi connectivity index (χ1) is 12.8. The highest BCUT2D eigenvalue weighted by Gasteiger charge is 2.08. The van der Waals surface area contributed by atoms with E-state index in [2.05, 4.69) is 59.8 Å². The van der Waals surface area contributed by atoms with Gasteiger partial charge >= 0.3 is 0 Å². The summed E-state index contributed by atoms with van der Waals surface area (Å²) < 4.78 is 2.16. The predicted octanol–water partition coefficient (Wildman–Crippen LogP) is 6.04. The Hall–Kier alpha value is -3.57. The molecule has 1 aromatic heterocycles. The molecule has 0 aliphatic rings. The van der Waals surface area contributed by atoms with Gasteiger partial charge in [-0.25, -0.2) is 0 Å². The summed E-state index contributed by atoms with van der Waals surface area (Å²) in [6, 6.07) is 25.0. The molecule has 4 rings (SSSR count). The van der Waals surface area contributed by atoms with Crippen molar-refractivity contribution < 1.29 is 0 Å². The molecule has 2 nitrogen and oxygen atoms in total. The highest BCUT2D eigenvalue weighted by molar-refractivity contribution is 5.99. The molecule has 0 bridgehead atoms. The molecule has 0 fully saturated rings. The lowest BCUT2D eigenvalue weighted by atomic mass is 10.00. The zero-order valence-corrected chi connectivity index (χ0v) is 14.4. The molecule has 0 radical (unpaired) electrons. The van der Waals surface area contributed by atoms with Crippen molar-refractivity contribution in [2.45, 2.75) is 6.54 Å². The molecule has 4 aromatic rings. The maximum Gasteiger partial charge on any atom is 0.0998 e. The van der Waals surface area contributed by atoms with Gasteiger partial charge in [0, 0.05) is 29.2 Å². The van der Waals surface area contributed by atoms with E-state index in [0.717, 1.165) is 34.0 Å². The molecule has 0 saturated carbocycles. The van der Waals surface area contributed by atoms with Crippen LogP contribution in [-0.4, -0.2) is 4.57 Å².